The molecule has 1 aromatic carbocycles. The van der Waals surface area contributed by atoms with E-state index in [9.17, 15) is 9.59 Å². The molecule has 0 saturated heterocycles. The minimum atomic E-state index is -1.06. The molecule has 0 heterocycles. The first-order chi connectivity index (χ1) is 8.54. The third kappa shape index (κ3) is 4.22. The monoisotopic (exact) mass is 267 g/mol. The van der Waals surface area contributed by atoms with Crippen molar-refractivity contribution in [2.45, 2.75) is 18.9 Å². The molecule has 1 aromatic rings. The van der Waals surface area contributed by atoms with Crippen LogP contribution in [0.2, 0.25) is 5.02 Å². The van der Waals surface area contributed by atoms with Crippen LogP contribution < -0.4 is 5.32 Å². The van der Waals surface area contributed by atoms with Crippen molar-refractivity contribution in [3.63, 3.8) is 0 Å². The van der Waals surface area contributed by atoms with Crippen molar-refractivity contribution in [2.24, 2.45) is 0 Å². The van der Waals surface area contributed by atoms with Gasteiger partial charge in [-0.2, -0.15) is 0 Å². The summed E-state index contributed by atoms with van der Waals surface area (Å²) in [6.07, 6.45) is 2.46. The van der Waals surface area contributed by atoms with Crippen molar-refractivity contribution < 1.29 is 14.7 Å². The van der Waals surface area contributed by atoms with Crippen molar-refractivity contribution in [2.75, 3.05) is 0 Å². The Morgan fingerprint density at radius 2 is 2.00 bits per heavy atom. The number of carbonyl (C=O) groups is 2. The number of aliphatic carboxylic acids is 1. The van der Waals surface area contributed by atoms with Crippen LogP contribution >= 0.6 is 11.6 Å². The second-order valence-electron chi connectivity index (χ2n) is 3.74. The molecule has 2 N–H and O–H groups in total. The number of carboxylic acids is 1. The van der Waals surface area contributed by atoms with E-state index in [1.54, 1.807) is 30.3 Å². The number of carboxylic acid groups (broad SMARTS) is 1. The van der Waals surface area contributed by atoms with Crippen molar-refractivity contribution in [3.05, 3.63) is 47.5 Å². The zero-order valence-electron chi connectivity index (χ0n) is 9.73. The predicted molar refractivity (Wildman–Crippen MR) is 69.8 cm³/mol. The fraction of sp³-hybridized carbons (Fsp3) is 0.231. The maximum atomic E-state index is 11.8. The first-order valence-electron chi connectivity index (χ1n) is 5.44. The van der Waals surface area contributed by atoms with Crippen LogP contribution in [0.15, 0.2) is 36.9 Å². The number of amides is 1. The molecule has 0 aromatic heterocycles. The molecule has 0 fully saturated rings. The Bertz CT molecular complexity index is 442. The minimum Gasteiger partial charge on any atom is -0.480 e. The maximum absolute atomic E-state index is 11.8. The highest BCUT2D eigenvalue weighted by atomic mass is 35.5. The number of halogens is 1. The minimum absolute atomic E-state index is 0.318. The molecule has 0 bridgehead atoms. The van der Waals surface area contributed by atoms with Gasteiger partial charge in [-0.15, -0.1) is 6.58 Å². The van der Waals surface area contributed by atoms with E-state index in [4.69, 9.17) is 16.7 Å². The van der Waals surface area contributed by atoms with E-state index in [-0.39, 0.29) is 0 Å². The van der Waals surface area contributed by atoms with Gasteiger partial charge >= 0.3 is 5.97 Å². The normalized spacial score (nSPS) is 11.6. The van der Waals surface area contributed by atoms with Crippen molar-refractivity contribution in [1.82, 2.24) is 5.32 Å². The topological polar surface area (TPSA) is 66.4 Å². The Labute approximate surface area is 110 Å². The van der Waals surface area contributed by atoms with Crippen molar-refractivity contribution >= 4 is 23.5 Å². The molecule has 1 rings (SSSR count). The molecule has 5 heteroatoms. The third-order valence-corrected chi connectivity index (χ3v) is 2.62. The highest BCUT2D eigenvalue weighted by Gasteiger charge is 2.19. The lowest BCUT2D eigenvalue weighted by molar-refractivity contribution is -0.139. The Hall–Kier alpha value is -1.81. The second-order valence-corrected chi connectivity index (χ2v) is 4.17. The van der Waals surface area contributed by atoms with Crippen LogP contribution in [0.1, 0.15) is 23.2 Å². The summed E-state index contributed by atoms with van der Waals surface area (Å²) in [5.74, 6) is -1.48. The molecule has 18 heavy (non-hydrogen) atoms. The highest BCUT2D eigenvalue weighted by Crippen LogP contribution is 2.10. The van der Waals surface area contributed by atoms with Gasteiger partial charge in [0.1, 0.15) is 6.04 Å². The van der Waals surface area contributed by atoms with Crippen LogP contribution in [-0.2, 0) is 4.79 Å². The Kier molecular flexibility index (Phi) is 5.39. The van der Waals surface area contributed by atoms with Gasteiger partial charge in [0.2, 0.25) is 0 Å². The standard InChI is InChI=1S/C13H14ClNO3/c1-2-3-4-11(13(17)18)15-12(16)9-5-7-10(14)8-6-9/h2,5-8,11H,1,3-4H2,(H,15,16)(H,17,18)/t11-/m1/s1. The lowest BCUT2D eigenvalue weighted by Crippen LogP contribution is -2.40. The van der Waals surface area contributed by atoms with Gasteiger partial charge in [-0.25, -0.2) is 4.79 Å². The Morgan fingerprint density at radius 1 is 1.39 bits per heavy atom. The molecule has 0 unspecified atom stereocenters. The number of hydrogen-bond acceptors (Lipinski definition) is 2. The van der Waals surface area contributed by atoms with Crippen LogP contribution in [0, 0.1) is 0 Å². The van der Waals surface area contributed by atoms with Gasteiger partial charge in [-0.3, -0.25) is 4.79 Å². The fourth-order valence-electron chi connectivity index (χ4n) is 1.38. The van der Waals surface area contributed by atoms with E-state index in [1.165, 1.54) is 0 Å². The fourth-order valence-corrected chi connectivity index (χ4v) is 1.51. The molecule has 1 amide bonds. The van der Waals surface area contributed by atoms with Crippen molar-refractivity contribution in [3.8, 4) is 0 Å². The molecular weight excluding hydrogens is 254 g/mol. The van der Waals surface area contributed by atoms with E-state index < -0.39 is 17.9 Å². The van der Waals surface area contributed by atoms with E-state index in [0.717, 1.165) is 0 Å². The molecule has 4 nitrogen and oxygen atoms in total. The molecule has 0 aliphatic heterocycles. The zero-order valence-corrected chi connectivity index (χ0v) is 10.5. The predicted octanol–water partition coefficient (Wildman–Crippen LogP) is 2.49. The van der Waals surface area contributed by atoms with Gasteiger partial charge in [0.05, 0.1) is 0 Å². The highest BCUT2D eigenvalue weighted by molar-refractivity contribution is 6.30. The first-order valence-corrected chi connectivity index (χ1v) is 5.82. The summed E-state index contributed by atoms with van der Waals surface area (Å²) in [6.45, 7) is 3.52. The molecule has 0 saturated carbocycles. The van der Waals surface area contributed by atoms with Gasteiger partial charge in [-0.05, 0) is 37.1 Å². The van der Waals surface area contributed by atoms with Crippen LogP contribution in [0.3, 0.4) is 0 Å². The summed E-state index contributed by atoms with van der Waals surface area (Å²) < 4.78 is 0. The van der Waals surface area contributed by atoms with E-state index in [1.807, 2.05) is 0 Å². The SMILES string of the molecule is C=CCC[C@@H](NC(=O)c1ccc(Cl)cc1)C(=O)O. The summed E-state index contributed by atoms with van der Waals surface area (Å²) in [4.78, 5) is 22.7. The summed E-state index contributed by atoms with van der Waals surface area (Å²) in [7, 11) is 0. The molecular formula is C13H14ClNO3. The number of benzene rings is 1. The quantitative estimate of drug-likeness (QED) is 0.778. The first kappa shape index (κ1) is 14.3. The molecule has 0 radical (unpaired) electrons. The van der Waals surface area contributed by atoms with E-state index in [0.29, 0.717) is 23.4 Å². The number of nitrogens with one attached hydrogen (secondary N) is 1. The summed E-state index contributed by atoms with van der Waals surface area (Å²) in [6, 6.07) is 5.34. The average Bonchev–Trinajstić information content (AvgIpc) is 2.34. The Balaban J connectivity index is 2.68. The number of hydrogen-bond donors (Lipinski definition) is 2. The molecule has 96 valence electrons. The summed E-state index contributed by atoms with van der Waals surface area (Å²) in [5, 5.41) is 11.9. The smallest absolute Gasteiger partial charge is 0.326 e. The summed E-state index contributed by atoms with van der Waals surface area (Å²) in [5.41, 5.74) is 0.379. The van der Waals surface area contributed by atoms with Crippen LogP contribution in [0.25, 0.3) is 0 Å². The molecule has 1 atom stereocenters. The lowest BCUT2D eigenvalue weighted by Gasteiger charge is -2.13. The van der Waals surface area contributed by atoms with Gasteiger partial charge in [-0.1, -0.05) is 17.7 Å². The number of allylic oxidation sites excluding steroid dienone is 1. The van der Waals surface area contributed by atoms with Gasteiger partial charge < -0.3 is 10.4 Å². The second kappa shape index (κ2) is 6.81. The van der Waals surface area contributed by atoms with Gasteiger partial charge in [0, 0.05) is 10.6 Å². The van der Waals surface area contributed by atoms with Crippen molar-refractivity contribution in [1.29, 1.82) is 0 Å². The largest absolute Gasteiger partial charge is 0.480 e. The summed E-state index contributed by atoms with van der Waals surface area (Å²) >= 11 is 5.70. The maximum Gasteiger partial charge on any atom is 0.326 e. The van der Waals surface area contributed by atoms with Gasteiger partial charge in [0.15, 0.2) is 0 Å². The van der Waals surface area contributed by atoms with E-state index >= 15 is 0 Å². The van der Waals surface area contributed by atoms with E-state index in [2.05, 4.69) is 11.9 Å². The number of rotatable bonds is 6. The van der Waals surface area contributed by atoms with Gasteiger partial charge in [0.25, 0.3) is 5.91 Å². The average molecular weight is 268 g/mol. The molecule has 0 aliphatic carbocycles. The molecule has 0 aliphatic rings. The zero-order chi connectivity index (χ0) is 13.5. The Morgan fingerprint density at radius 3 is 2.50 bits per heavy atom. The number of carbonyl (C=O) groups excluding carboxylic acids is 1. The van der Waals surface area contributed by atoms with Crippen LogP contribution in [-0.4, -0.2) is 23.0 Å². The molecule has 0 spiro atoms. The van der Waals surface area contributed by atoms with Crippen LogP contribution in [0.5, 0.6) is 0 Å². The van der Waals surface area contributed by atoms with Crippen LogP contribution in [0.4, 0.5) is 0 Å². The lowest BCUT2D eigenvalue weighted by atomic mass is 10.1. The third-order valence-electron chi connectivity index (χ3n) is 2.37.